The third-order valence-corrected chi connectivity index (χ3v) is 6.42. The Morgan fingerprint density at radius 2 is 1.07 bits per heavy atom. The van der Waals surface area contributed by atoms with Gasteiger partial charge in [-0.15, -0.1) is 0 Å². The fourth-order valence-corrected chi connectivity index (χ4v) is 5.12. The van der Waals surface area contributed by atoms with Crippen LogP contribution in [0.3, 0.4) is 0 Å². The fraction of sp³-hybridized carbons (Fsp3) is 0.111. The Hall–Kier alpha value is -2.64. The van der Waals surface area contributed by atoms with Crippen LogP contribution in [0.2, 0.25) is 0 Å². The second-order valence-electron chi connectivity index (χ2n) is 7.64. The van der Waals surface area contributed by atoms with E-state index in [1.807, 2.05) is 0 Å². The molecule has 0 saturated heterocycles. The summed E-state index contributed by atoms with van der Waals surface area (Å²) in [7, 11) is 0. The highest BCUT2D eigenvalue weighted by Gasteiger charge is 2.43. The first-order valence-corrected chi connectivity index (χ1v) is 10.5. The second-order valence-corrected chi connectivity index (χ2v) is 8.56. The number of hydrogen-bond acceptors (Lipinski definition) is 0. The molecule has 0 spiro atoms. The Balaban J connectivity index is 1.77. The smallest absolute Gasteiger partial charge is 0.0296 e. The van der Waals surface area contributed by atoms with Crippen molar-refractivity contribution in [1.29, 1.82) is 0 Å². The van der Waals surface area contributed by atoms with Crippen molar-refractivity contribution in [1.82, 2.24) is 0 Å². The molecule has 0 fully saturated rings. The molecule has 1 aliphatic carbocycles. The molecule has 0 heterocycles. The molecule has 1 aliphatic rings. The number of benzene rings is 4. The third-order valence-electron chi connectivity index (χ3n) is 5.93. The zero-order valence-corrected chi connectivity index (χ0v) is 17.2. The highest BCUT2D eigenvalue weighted by Crippen LogP contribution is 2.52. The summed E-state index contributed by atoms with van der Waals surface area (Å²) >= 11 is 3.73. The first kappa shape index (κ1) is 17.5. The minimum atomic E-state index is -0.0710. The summed E-state index contributed by atoms with van der Waals surface area (Å²) in [6.07, 6.45) is 1.98. The lowest BCUT2D eigenvalue weighted by Crippen LogP contribution is -2.31. The molecule has 4 aromatic carbocycles. The maximum absolute atomic E-state index is 3.73. The van der Waals surface area contributed by atoms with E-state index in [4.69, 9.17) is 0 Å². The van der Waals surface area contributed by atoms with Crippen molar-refractivity contribution in [3.05, 3.63) is 130 Å². The van der Waals surface area contributed by atoms with Gasteiger partial charge in [-0.3, -0.25) is 0 Å². The van der Waals surface area contributed by atoms with Crippen molar-refractivity contribution < 1.29 is 0 Å². The van der Waals surface area contributed by atoms with Crippen LogP contribution in [0.15, 0.2) is 108 Å². The SMILES string of the molecule is Brc1ccc2c(c1)C(Cc1ccccc1)(Cc1ccccc1)c1ccccc1-2. The molecule has 0 amide bonds. The average molecular weight is 425 g/mol. The van der Waals surface area contributed by atoms with Crippen molar-refractivity contribution in [2.75, 3.05) is 0 Å². The van der Waals surface area contributed by atoms with E-state index < -0.39 is 0 Å². The summed E-state index contributed by atoms with van der Waals surface area (Å²) < 4.78 is 1.14. The zero-order chi connectivity index (χ0) is 19.0. The monoisotopic (exact) mass is 424 g/mol. The van der Waals surface area contributed by atoms with Crippen molar-refractivity contribution in [2.24, 2.45) is 0 Å². The predicted octanol–water partition coefficient (Wildman–Crippen LogP) is 7.20. The van der Waals surface area contributed by atoms with Crippen LogP contribution in [0.4, 0.5) is 0 Å². The molecular formula is C27H21Br. The first-order valence-electron chi connectivity index (χ1n) is 9.74. The van der Waals surface area contributed by atoms with Crippen molar-refractivity contribution >= 4 is 15.9 Å². The van der Waals surface area contributed by atoms with Crippen LogP contribution in [0, 0.1) is 0 Å². The summed E-state index contributed by atoms with van der Waals surface area (Å²) in [5, 5.41) is 0. The van der Waals surface area contributed by atoms with Crippen molar-refractivity contribution in [3.63, 3.8) is 0 Å². The van der Waals surface area contributed by atoms with Gasteiger partial charge in [0, 0.05) is 9.89 Å². The molecule has 28 heavy (non-hydrogen) atoms. The van der Waals surface area contributed by atoms with E-state index in [1.165, 1.54) is 33.4 Å². The highest BCUT2D eigenvalue weighted by molar-refractivity contribution is 9.10. The van der Waals surface area contributed by atoms with Gasteiger partial charge >= 0.3 is 0 Å². The lowest BCUT2D eigenvalue weighted by atomic mass is 9.69. The number of hydrogen-bond donors (Lipinski definition) is 0. The van der Waals surface area contributed by atoms with Crippen LogP contribution >= 0.6 is 15.9 Å². The lowest BCUT2D eigenvalue weighted by Gasteiger charge is -2.33. The third kappa shape index (κ3) is 2.91. The molecule has 0 atom stereocenters. The Bertz CT molecular complexity index is 1070. The van der Waals surface area contributed by atoms with Gasteiger partial charge in [-0.25, -0.2) is 0 Å². The standard InChI is InChI=1S/C27H21Br/c28-22-15-16-24-23-13-7-8-14-25(23)27(26(24)17-22,18-20-9-3-1-4-10-20)19-21-11-5-2-6-12-21/h1-17H,18-19H2. The minimum absolute atomic E-state index is 0.0710. The number of halogens is 1. The predicted molar refractivity (Wildman–Crippen MR) is 121 cm³/mol. The van der Waals surface area contributed by atoms with Gasteiger partial charge in [0.1, 0.15) is 0 Å². The van der Waals surface area contributed by atoms with E-state index >= 15 is 0 Å². The maximum atomic E-state index is 3.73. The van der Waals surface area contributed by atoms with Crippen molar-refractivity contribution in [2.45, 2.75) is 18.3 Å². The molecule has 136 valence electrons. The van der Waals surface area contributed by atoms with Gasteiger partial charge in [-0.05, 0) is 58.4 Å². The average Bonchev–Trinajstić information content (AvgIpc) is 2.99. The molecule has 1 heteroatoms. The van der Waals surface area contributed by atoms with Crippen LogP contribution in [0.25, 0.3) is 11.1 Å². The van der Waals surface area contributed by atoms with Crippen LogP contribution in [-0.2, 0) is 18.3 Å². The summed E-state index contributed by atoms with van der Waals surface area (Å²) in [6.45, 7) is 0. The molecule has 0 unspecified atom stereocenters. The highest BCUT2D eigenvalue weighted by atomic mass is 79.9. The molecule has 0 saturated carbocycles. The number of rotatable bonds is 4. The summed E-state index contributed by atoms with van der Waals surface area (Å²) in [5.74, 6) is 0. The Morgan fingerprint density at radius 3 is 1.71 bits per heavy atom. The van der Waals surface area contributed by atoms with Crippen LogP contribution in [-0.4, -0.2) is 0 Å². The normalized spacial score (nSPS) is 13.8. The van der Waals surface area contributed by atoms with Gasteiger partial charge in [0.2, 0.25) is 0 Å². The van der Waals surface area contributed by atoms with Crippen molar-refractivity contribution in [3.8, 4) is 11.1 Å². The minimum Gasteiger partial charge on any atom is -0.0622 e. The van der Waals surface area contributed by atoms with Crippen LogP contribution in [0.5, 0.6) is 0 Å². The molecular weight excluding hydrogens is 404 g/mol. The lowest BCUT2D eigenvalue weighted by molar-refractivity contribution is 0.520. The molecule has 0 aromatic heterocycles. The summed E-state index contributed by atoms with van der Waals surface area (Å²) in [4.78, 5) is 0. The van der Waals surface area contributed by atoms with E-state index in [0.29, 0.717) is 0 Å². The summed E-state index contributed by atoms with van der Waals surface area (Å²) in [6, 6.07) is 37.5. The van der Waals surface area contributed by atoms with Gasteiger partial charge in [0.25, 0.3) is 0 Å². The molecule has 0 bridgehead atoms. The van der Waals surface area contributed by atoms with Crippen LogP contribution < -0.4 is 0 Å². The van der Waals surface area contributed by atoms with Gasteiger partial charge in [0.15, 0.2) is 0 Å². The van der Waals surface area contributed by atoms with Gasteiger partial charge < -0.3 is 0 Å². The number of fused-ring (bicyclic) bond motifs is 3. The quantitative estimate of drug-likeness (QED) is 0.324. The van der Waals surface area contributed by atoms with E-state index in [9.17, 15) is 0 Å². The molecule has 0 N–H and O–H groups in total. The molecule has 0 radical (unpaired) electrons. The topological polar surface area (TPSA) is 0 Å². The fourth-order valence-electron chi connectivity index (χ4n) is 4.76. The van der Waals surface area contributed by atoms with E-state index in [-0.39, 0.29) is 5.41 Å². The zero-order valence-electron chi connectivity index (χ0n) is 15.6. The maximum Gasteiger partial charge on any atom is 0.0296 e. The molecule has 0 aliphatic heterocycles. The Morgan fingerprint density at radius 1 is 0.536 bits per heavy atom. The van der Waals surface area contributed by atoms with E-state index in [2.05, 4.69) is 119 Å². The molecule has 5 rings (SSSR count). The Labute approximate surface area is 175 Å². The van der Waals surface area contributed by atoms with E-state index in [0.717, 1.165) is 17.3 Å². The van der Waals surface area contributed by atoms with Gasteiger partial charge in [-0.1, -0.05) is 107 Å². The van der Waals surface area contributed by atoms with Crippen LogP contribution in [0.1, 0.15) is 22.3 Å². The van der Waals surface area contributed by atoms with E-state index in [1.54, 1.807) is 0 Å². The largest absolute Gasteiger partial charge is 0.0622 e. The second kappa shape index (κ2) is 7.07. The molecule has 4 aromatic rings. The Kier molecular flexibility index (Phi) is 4.41. The first-order chi connectivity index (χ1) is 13.8. The van der Waals surface area contributed by atoms with Gasteiger partial charge in [-0.2, -0.15) is 0 Å². The van der Waals surface area contributed by atoms with Gasteiger partial charge in [0.05, 0.1) is 0 Å². The molecule has 0 nitrogen and oxygen atoms in total. The summed E-state index contributed by atoms with van der Waals surface area (Å²) in [5.41, 5.74) is 8.29.